The van der Waals surface area contributed by atoms with E-state index in [1.165, 1.54) is 18.9 Å². The maximum absolute atomic E-state index is 11.5. The van der Waals surface area contributed by atoms with E-state index < -0.39 is 5.97 Å². The highest BCUT2D eigenvalue weighted by atomic mass is 35.5. The molecule has 0 unspecified atom stereocenters. The summed E-state index contributed by atoms with van der Waals surface area (Å²) in [6, 6.07) is 14.1. The van der Waals surface area contributed by atoms with Crippen LogP contribution in [0.25, 0.3) is 11.5 Å². The van der Waals surface area contributed by atoms with Crippen LogP contribution < -0.4 is 4.74 Å². The number of methoxy groups -OCH3 is 1. The summed E-state index contributed by atoms with van der Waals surface area (Å²) in [4.78, 5) is 11.5. The van der Waals surface area contributed by atoms with Crippen LogP contribution in [-0.4, -0.2) is 35.6 Å². The number of carbonyl (C=O) groups excluding carboxylic acids is 1. The fraction of sp³-hybridized carbons (Fsp3) is 0.167. The van der Waals surface area contributed by atoms with E-state index in [2.05, 4.69) is 14.9 Å². The molecular formula is C18H15ClN2O4S. The first-order valence-electron chi connectivity index (χ1n) is 7.69. The fourth-order valence-electron chi connectivity index (χ4n) is 2.13. The van der Waals surface area contributed by atoms with Crippen LogP contribution in [-0.2, 0) is 4.74 Å². The molecule has 3 aromatic rings. The quantitative estimate of drug-likeness (QED) is 0.337. The van der Waals surface area contributed by atoms with Crippen LogP contribution in [0, 0.1) is 0 Å². The largest absolute Gasteiger partial charge is 0.493 e. The molecule has 26 heavy (non-hydrogen) atoms. The van der Waals surface area contributed by atoms with Crippen LogP contribution in [0.4, 0.5) is 0 Å². The molecule has 0 aliphatic carbocycles. The molecule has 2 aromatic carbocycles. The zero-order valence-corrected chi connectivity index (χ0v) is 15.4. The fourth-order valence-corrected chi connectivity index (χ4v) is 2.89. The lowest BCUT2D eigenvalue weighted by molar-refractivity contribution is 0.0600. The monoisotopic (exact) mass is 390 g/mol. The van der Waals surface area contributed by atoms with E-state index in [0.29, 0.717) is 39.8 Å². The Labute approximate surface area is 159 Å². The zero-order chi connectivity index (χ0) is 18.4. The van der Waals surface area contributed by atoms with E-state index in [0.717, 1.165) is 5.56 Å². The Morgan fingerprint density at radius 1 is 1.19 bits per heavy atom. The molecule has 0 bridgehead atoms. The third-order valence-corrected chi connectivity index (χ3v) is 4.33. The summed E-state index contributed by atoms with van der Waals surface area (Å²) in [5.74, 6) is 1.23. The summed E-state index contributed by atoms with van der Waals surface area (Å²) >= 11 is 7.35. The molecule has 1 heterocycles. The van der Waals surface area contributed by atoms with Crippen LogP contribution in [0.1, 0.15) is 10.4 Å². The highest BCUT2D eigenvalue weighted by Gasteiger charge is 2.10. The normalized spacial score (nSPS) is 10.5. The van der Waals surface area contributed by atoms with Crippen molar-refractivity contribution in [1.29, 1.82) is 0 Å². The molecule has 0 amide bonds. The lowest BCUT2D eigenvalue weighted by Gasteiger charge is -2.06. The van der Waals surface area contributed by atoms with Gasteiger partial charge in [0, 0.05) is 16.3 Å². The van der Waals surface area contributed by atoms with Gasteiger partial charge in [0.05, 0.1) is 19.3 Å². The molecule has 0 spiro atoms. The molecule has 0 aliphatic rings. The topological polar surface area (TPSA) is 74.5 Å². The molecule has 6 nitrogen and oxygen atoms in total. The van der Waals surface area contributed by atoms with E-state index in [-0.39, 0.29) is 0 Å². The van der Waals surface area contributed by atoms with Crippen molar-refractivity contribution in [2.24, 2.45) is 0 Å². The van der Waals surface area contributed by atoms with Gasteiger partial charge in [-0.3, -0.25) is 0 Å². The molecule has 1 aromatic heterocycles. The number of halogens is 1. The SMILES string of the molecule is COC(=O)c1cccc(OCCSc2nnc(-c3cccc(Cl)c3)o2)c1. The molecule has 3 rings (SSSR count). The molecule has 0 N–H and O–H groups in total. The Kier molecular flexibility index (Phi) is 6.14. The van der Waals surface area contributed by atoms with Crippen molar-refractivity contribution in [3.63, 3.8) is 0 Å². The number of ether oxygens (including phenoxy) is 2. The maximum atomic E-state index is 11.5. The first-order valence-corrected chi connectivity index (χ1v) is 9.05. The molecule has 0 saturated heterocycles. The molecule has 0 atom stereocenters. The van der Waals surface area contributed by atoms with E-state index in [4.69, 9.17) is 20.8 Å². The van der Waals surface area contributed by atoms with Crippen molar-refractivity contribution in [2.45, 2.75) is 5.22 Å². The number of rotatable bonds is 7. The number of esters is 1. The van der Waals surface area contributed by atoms with Gasteiger partial charge in [-0.25, -0.2) is 4.79 Å². The van der Waals surface area contributed by atoms with Crippen LogP contribution in [0.5, 0.6) is 5.75 Å². The Bertz CT molecular complexity index is 900. The Morgan fingerprint density at radius 3 is 2.85 bits per heavy atom. The molecule has 134 valence electrons. The van der Waals surface area contributed by atoms with Crippen LogP contribution in [0.15, 0.2) is 58.2 Å². The van der Waals surface area contributed by atoms with E-state index in [9.17, 15) is 4.79 Å². The lowest BCUT2D eigenvalue weighted by Crippen LogP contribution is -2.03. The lowest BCUT2D eigenvalue weighted by atomic mass is 10.2. The number of carbonyl (C=O) groups is 1. The first kappa shape index (κ1) is 18.3. The van der Waals surface area contributed by atoms with Gasteiger partial charge in [0.25, 0.3) is 5.22 Å². The average molecular weight is 391 g/mol. The number of nitrogens with zero attached hydrogens (tertiary/aromatic N) is 2. The zero-order valence-electron chi connectivity index (χ0n) is 13.8. The molecular weight excluding hydrogens is 376 g/mol. The second-order valence-electron chi connectivity index (χ2n) is 5.10. The second-order valence-corrected chi connectivity index (χ2v) is 6.58. The van der Waals surface area contributed by atoms with Crippen molar-refractivity contribution in [3.05, 3.63) is 59.1 Å². The van der Waals surface area contributed by atoms with Crippen LogP contribution in [0.2, 0.25) is 5.02 Å². The minimum absolute atomic E-state index is 0.399. The number of aromatic nitrogens is 2. The first-order chi connectivity index (χ1) is 12.7. The predicted molar refractivity (Wildman–Crippen MR) is 98.7 cm³/mol. The van der Waals surface area contributed by atoms with Gasteiger partial charge in [0.1, 0.15) is 5.75 Å². The van der Waals surface area contributed by atoms with E-state index >= 15 is 0 Å². The third kappa shape index (κ3) is 4.77. The summed E-state index contributed by atoms with van der Waals surface area (Å²) in [5, 5.41) is 9.08. The summed E-state index contributed by atoms with van der Waals surface area (Å²) in [6.07, 6.45) is 0. The Morgan fingerprint density at radius 2 is 2.04 bits per heavy atom. The number of benzene rings is 2. The maximum Gasteiger partial charge on any atom is 0.337 e. The summed E-state index contributed by atoms with van der Waals surface area (Å²) in [6.45, 7) is 0.421. The van der Waals surface area contributed by atoms with Crippen LogP contribution in [0.3, 0.4) is 0 Å². The van der Waals surface area contributed by atoms with Gasteiger partial charge < -0.3 is 13.9 Å². The van der Waals surface area contributed by atoms with Gasteiger partial charge in [-0.05, 0) is 36.4 Å². The van der Waals surface area contributed by atoms with Gasteiger partial charge >= 0.3 is 5.97 Å². The smallest absolute Gasteiger partial charge is 0.337 e. The summed E-state index contributed by atoms with van der Waals surface area (Å²) < 4.78 is 15.9. The Balaban J connectivity index is 1.51. The van der Waals surface area contributed by atoms with Gasteiger partial charge in [-0.1, -0.05) is 35.5 Å². The molecule has 0 aliphatic heterocycles. The summed E-state index contributed by atoms with van der Waals surface area (Å²) in [5.41, 5.74) is 1.22. The number of thioether (sulfide) groups is 1. The van der Waals surface area contributed by atoms with Gasteiger partial charge in [-0.2, -0.15) is 0 Å². The van der Waals surface area contributed by atoms with Gasteiger partial charge in [0.15, 0.2) is 0 Å². The van der Waals surface area contributed by atoms with E-state index in [1.54, 1.807) is 36.4 Å². The average Bonchev–Trinajstić information content (AvgIpc) is 3.14. The molecule has 0 fully saturated rings. The van der Waals surface area contributed by atoms with Crippen molar-refractivity contribution < 1.29 is 18.7 Å². The van der Waals surface area contributed by atoms with Gasteiger partial charge in [0.2, 0.25) is 5.89 Å². The van der Waals surface area contributed by atoms with Crippen molar-refractivity contribution >= 4 is 29.3 Å². The highest BCUT2D eigenvalue weighted by Crippen LogP contribution is 2.25. The minimum atomic E-state index is -0.399. The second kappa shape index (κ2) is 8.73. The van der Waals surface area contributed by atoms with Crippen LogP contribution >= 0.6 is 23.4 Å². The standard InChI is InChI=1S/C18H15ClN2O4S/c1-23-17(22)13-5-3-7-15(11-13)24-8-9-26-18-21-20-16(25-18)12-4-2-6-14(19)10-12/h2-7,10-11H,8-9H2,1H3. The summed E-state index contributed by atoms with van der Waals surface area (Å²) in [7, 11) is 1.34. The molecule has 0 saturated carbocycles. The number of hydrogen-bond donors (Lipinski definition) is 0. The molecule has 8 heteroatoms. The van der Waals surface area contributed by atoms with Gasteiger partial charge in [-0.15, -0.1) is 10.2 Å². The highest BCUT2D eigenvalue weighted by molar-refractivity contribution is 7.99. The van der Waals surface area contributed by atoms with E-state index in [1.807, 2.05) is 12.1 Å². The third-order valence-electron chi connectivity index (χ3n) is 3.31. The predicted octanol–water partition coefficient (Wildman–Crippen LogP) is 4.35. The number of hydrogen-bond acceptors (Lipinski definition) is 7. The van der Waals surface area contributed by atoms with Crippen molar-refractivity contribution in [1.82, 2.24) is 10.2 Å². The van der Waals surface area contributed by atoms with Crippen molar-refractivity contribution in [2.75, 3.05) is 19.5 Å². The Hall–Kier alpha value is -2.51. The van der Waals surface area contributed by atoms with Crippen molar-refractivity contribution in [3.8, 4) is 17.2 Å². The minimum Gasteiger partial charge on any atom is -0.493 e. The molecule has 0 radical (unpaired) electrons.